The Balaban J connectivity index is 1.25. The minimum Gasteiger partial charge on any atom is -0.344 e. The molecule has 308 valence electrons. The van der Waals surface area contributed by atoms with Crippen LogP contribution in [0.1, 0.15) is 58.7 Å². The predicted molar refractivity (Wildman–Crippen MR) is 217 cm³/mol. The summed E-state index contributed by atoms with van der Waals surface area (Å²) in [6.07, 6.45) is -1.71. The highest BCUT2D eigenvalue weighted by Crippen LogP contribution is 2.68. The normalized spacial score (nSPS) is 17.0. The first-order valence-corrected chi connectivity index (χ1v) is 20.3. The molecule has 0 spiro atoms. The van der Waals surface area contributed by atoms with Gasteiger partial charge in [-0.15, -0.1) is 0 Å². The number of nitrogens with one attached hydrogen (secondary N) is 2. The second kappa shape index (κ2) is 14.7. The maximum atomic E-state index is 15.5. The van der Waals surface area contributed by atoms with Crippen molar-refractivity contribution in [2.45, 2.75) is 50.6 Å². The fourth-order valence-corrected chi connectivity index (χ4v) is 9.14. The van der Waals surface area contributed by atoms with Crippen LogP contribution in [0, 0.1) is 24.5 Å². The number of amides is 1. The highest BCUT2D eigenvalue weighted by molar-refractivity contribution is 7.99. The molecule has 2 aliphatic rings. The molecule has 9 rings (SSSR count). The molecule has 2 aliphatic carbocycles. The summed E-state index contributed by atoms with van der Waals surface area (Å²) in [5.41, 5.74) is 1.02. The number of aromatic nitrogens is 6. The first-order chi connectivity index (χ1) is 28.7. The van der Waals surface area contributed by atoms with Crippen molar-refractivity contribution in [3.8, 4) is 16.8 Å². The molecule has 2 N–H and O–H groups in total. The van der Waals surface area contributed by atoms with E-state index in [-0.39, 0.29) is 46.4 Å². The topological polar surface area (TPSA) is 112 Å². The van der Waals surface area contributed by atoms with E-state index in [1.54, 1.807) is 43.6 Å². The van der Waals surface area contributed by atoms with Gasteiger partial charge in [0.25, 0.3) is 17.9 Å². The Morgan fingerprint density at radius 1 is 1.03 bits per heavy atom. The van der Waals surface area contributed by atoms with Gasteiger partial charge in [0, 0.05) is 37.3 Å². The lowest BCUT2D eigenvalue weighted by Crippen LogP contribution is -2.38. The van der Waals surface area contributed by atoms with Crippen LogP contribution in [0.5, 0.6) is 0 Å². The second-order valence-corrected chi connectivity index (χ2v) is 16.0. The third-order valence-electron chi connectivity index (χ3n) is 11.2. The Hall–Kier alpha value is -5.81. The number of anilines is 1. The molecule has 10 nitrogen and oxygen atoms in total. The molecular formula is C42H33ClF6N8O2S. The first kappa shape index (κ1) is 39.6. The van der Waals surface area contributed by atoms with Gasteiger partial charge in [0.1, 0.15) is 35.4 Å². The fourth-order valence-electron chi connectivity index (χ4n) is 8.57. The number of nitrogens with zero attached hydrogens (tertiary/aromatic N) is 6. The summed E-state index contributed by atoms with van der Waals surface area (Å²) in [5, 5.41) is 12.0. The number of halogens is 7. The zero-order valence-corrected chi connectivity index (χ0v) is 33.5. The molecule has 18 heteroatoms. The summed E-state index contributed by atoms with van der Waals surface area (Å²) in [4.78, 5) is 34.2. The standard InChI is InChI=1S/C42H33ClF6N8O2S/c1-19-6-4-5-7-24(19)21-8-9-25-29(15-21)51-40(57(41(25)59)31-11-10-28(43)34-36(31)55(2)53-39(34)54-60-3)30(14-20-12-22(44)16-23(45)13-20)50-32(58)18-56-37-33(35(52-56)38(46)47)26-17-27(26)42(37,48)49/h4-13,15-16,26-27,30,38H,14,17-18H2,1-3H3,(H,50,58)(H,53,54). The van der Waals surface area contributed by atoms with E-state index in [1.165, 1.54) is 21.2 Å². The quantitative estimate of drug-likeness (QED) is 0.0986. The van der Waals surface area contributed by atoms with E-state index < -0.39 is 71.3 Å². The Morgan fingerprint density at radius 3 is 2.50 bits per heavy atom. The van der Waals surface area contributed by atoms with E-state index in [9.17, 15) is 22.4 Å². The largest absolute Gasteiger partial charge is 0.344 e. The summed E-state index contributed by atoms with van der Waals surface area (Å²) in [5.74, 6) is -7.98. The van der Waals surface area contributed by atoms with Crippen molar-refractivity contribution in [3.63, 3.8) is 0 Å². The second-order valence-electron chi connectivity index (χ2n) is 15.0. The van der Waals surface area contributed by atoms with Gasteiger partial charge in [-0.25, -0.2) is 22.5 Å². The van der Waals surface area contributed by atoms with E-state index in [1.807, 2.05) is 31.2 Å². The Labute approximate surface area is 346 Å². The molecule has 3 aromatic heterocycles. The van der Waals surface area contributed by atoms with Crippen molar-refractivity contribution >= 4 is 57.1 Å². The number of alkyl halides is 4. The van der Waals surface area contributed by atoms with E-state index in [0.717, 1.165) is 28.8 Å². The number of aryl methyl sites for hydroxylation is 2. The lowest BCUT2D eigenvalue weighted by molar-refractivity contribution is -0.123. The molecule has 1 saturated carbocycles. The summed E-state index contributed by atoms with van der Waals surface area (Å²) in [7, 11) is 1.64. The van der Waals surface area contributed by atoms with Gasteiger partial charge in [-0.1, -0.05) is 53.9 Å². The molecule has 0 aliphatic heterocycles. The van der Waals surface area contributed by atoms with Gasteiger partial charge in [-0.2, -0.15) is 19.0 Å². The molecule has 3 atom stereocenters. The van der Waals surface area contributed by atoms with Gasteiger partial charge in [0.05, 0.1) is 38.6 Å². The van der Waals surface area contributed by atoms with E-state index >= 15 is 13.6 Å². The lowest BCUT2D eigenvalue weighted by atomic mass is 9.99. The van der Waals surface area contributed by atoms with Crippen molar-refractivity contribution < 1.29 is 31.1 Å². The van der Waals surface area contributed by atoms with Gasteiger partial charge in [0.15, 0.2) is 5.82 Å². The molecule has 60 heavy (non-hydrogen) atoms. The van der Waals surface area contributed by atoms with Crippen LogP contribution in [0.15, 0.2) is 77.6 Å². The molecule has 1 amide bonds. The number of carbonyl (C=O) groups is 1. The fraction of sp³-hybridized carbons (Fsp3) is 0.262. The lowest BCUT2D eigenvalue weighted by Gasteiger charge is -2.24. The van der Waals surface area contributed by atoms with Crippen LogP contribution in [-0.4, -0.2) is 41.3 Å². The summed E-state index contributed by atoms with van der Waals surface area (Å²) in [6.45, 7) is 1.02. The van der Waals surface area contributed by atoms with Crippen LogP contribution < -0.4 is 15.6 Å². The average molecular weight is 863 g/mol. The van der Waals surface area contributed by atoms with Crippen molar-refractivity contribution in [3.05, 3.63) is 134 Å². The zero-order chi connectivity index (χ0) is 42.4. The number of benzene rings is 4. The maximum absolute atomic E-state index is 15.5. The molecular weight excluding hydrogens is 830 g/mol. The van der Waals surface area contributed by atoms with Crippen LogP contribution in [-0.2, 0) is 30.7 Å². The smallest absolute Gasteiger partial charge is 0.293 e. The SMILES string of the molecule is CSNc1nn(C)c2c(-n3c(C(Cc4cc(F)cc(F)c4)NC(=O)Cn4nc(C(F)F)c5c4C(F)(F)C4CC54)nc4cc(-c5ccccc5C)ccc4c3=O)ccc(Cl)c12. The summed E-state index contributed by atoms with van der Waals surface area (Å²) >= 11 is 7.99. The Kier molecular flexibility index (Phi) is 9.73. The Morgan fingerprint density at radius 2 is 1.78 bits per heavy atom. The van der Waals surface area contributed by atoms with Crippen LogP contribution >= 0.6 is 23.5 Å². The molecule has 4 aromatic carbocycles. The van der Waals surface area contributed by atoms with Crippen molar-refractivity contribution in [1.82, 2.24) is 34.4 Å². The summed E-state index contributed by atoms with van der Waals surface area (Å²) < 4.78 is 95.3. The molecule has 7 aromatic rings. The number of hydrogen-bond donors (Lipinski definition) is 2. The van der Waals surface area contributed by atoms with E-state index in [0.29, 0.717) is 32.5 Å². The van der Waals surface area contributed by atoms with E-state index in [4.69, 9.17) is 16.6 Å². The van der Waals surface area contributed by atoms with Crippen LogP contribution in [0.4, 0.5) is 32.2 Å². The number of hydrogen-bond acceptors (Lipinski definition) is 7. The van der Waals surface area contributed by atoms with Gasteiger partial charge < -0.3 is 10.0 Å². The van der Waals surface area contributed by atoms with Crippen molar-refractivity contribution in [1.29, 1.82) is 0 Å². The predicted octanol–water partition coefficient (Wildman–Crippen LogP) is 9.31. The van der Waals surface area contributed by atoms with Crippen molar-refractivity contribution in [2.75, 3.05) is 11.0 Å². The monoisotopic (exact) mass is 862 g/mol. The maximum Gasteiger partial charge on any atom is 0.293 e. The molecule has 3 heterocycles. The van der Waals surface area contributed by atoms with Gasteiger partial charge in [-0.05, 0) is 77.9 Å². The molecule has 3 unspecified atom stereocenters. The van der Waals surface area contributed by atoms with Gasteiger partial charge >= 0.3 is 0 Å². The van der Waals surface area contributed by atoms with Crippen molar-refractivity contribution in [2.24, 2.45) is 13.0 Å². The van der Waals surface area contributed by atoms with Crippen LogP contribution in [0.25, 0.3) is 38.6 Å². The molecule has 0 saturated heterocycles. The third kappa shape index (κ3) is 6.58. The van der Waals surface area contributed by atoms with Gasteiger partial charge in [-0.3, -0.25) is 23.5 Å². The highest BCUT2D eigenvalue weighted by Gasteiger charge is 2.67. The highest BCUT2D eigenvalue weighted by atomic mass is 35.5. The van der Waals surface area contributed by atoms with Crippen LogP contribution in [0.2, 0.25) is 5.02 Å². The van der Waals surface area contributed by atoms with Gasteiger partial charge in [0.2, 0.25) is 5.91 Å². The molecule has 0 bridgehead atoms. The minimum atomic E-state index is -3.50. The summed E-state index contributed by atoms with van der Waals surface area (Å²) in [6, 6.07) is 17.2. The number of carbonyl (C=O) groups excluding carboxylic acids is 1. The van der Waals surface area contributed by atoms with Crippen LogP contribution in [0.3, 0.4) is 0 Å². The number of fused-ring (bicyclic) bond motifs is 5. The zero-order valence-electron chi connectivity index (χ0n) is 31.9. The van der Waals surface area contributed by atoms with E-state index in [2.05, 4.69) is 20.2 Å². The molecule has 0 radical (unpaired) electrons. The number of rotatable bonds is 11. The average Bonchev–Trinajstić information content (AvgIpc) is 3.73. The minimum absolute atomic E-state index is 0.0318. The molecule has 1 fully saturated rings. The Bertz CT molecular complexity index is 2950. The first-order valence-electron chi connectivity index (χ1n) is 18.7. The third-order valence-corrected chi connectivity index (χ3v) is 11.9.